The summed E-state index contributed by atoms with van der Waals surface area (Å²) in [7, 11) is 4.67. The molecular formula is C22H31BrO6S. The molecule has 0 unspecified atom stereocenters. The second-order valence-electron chi connectivity index (χ2n) is 8.36. The maximum atomic E-state index is 12.4. The fraction of sp³-hybridized carbons (Fsp3) is 0.682. The molecule has 30 heavy (non-hydrogen) atoms. The first-order chi connectivity index (χ1) is 14.3. The highest BCUT2D eigenvalue weighted by Crippen LogP contribution is 2.53. The molecule has 0 amide bonds. The van der Waals surface area contributed by atoms with E-state index >= 15 is 0 Å². The Hall–Kier alpha value is -0.800. The van der Waals surface area contributed by atoms with Crippen LogP contribution in [0.1, 0.15) is 32.6 Å². The number of fused-ring (bicyclic) bond motifs is 1. The van der Waals surface area contributed by atoms with Gasteiger partial charge in [0, 0.05) is 21.7 Å². The van der Waals surface area contributed by atoms with Crippen molar-refractivity contribution in [2.24, 2.45) is 17.3 Å². The Morgan fingerprint density at radius 1 is 1.30 bits per heavy atom. The van der Waals surface area contributed by atoms with Crippen LogP contribution in [0.4, 0.5) is 0 Å². The lowest BCUT2D eigenvalue weighted by molar-refractivity contribution is -0.169. The van der Waals surface area contributed by atoms with Gasteiger partial charge in [-0.05, 0) is 78.6 Å². The van der Waals surface area contributed by atoms with Gasteiger partial charge in [-0.1, -0.05) is 0 Å². The smallest absolute Gasteiger partial charge is 0.314 e. The predicted octanol–water partition coefficient (Wildman–Crippen LogP) is 4.27. The van der Waals surface area contributed by atoms with Crippen molar-refractivity contribution < 1.29 is 28.8 Å². The van der Waals surface area contributed by atoms with Crippen molar-refractivity contribution in [2.45, 2.75) is 55.0 Å². The number of benzene rings is 1. The van der Waals surface area contributed by atoms with E-state index in [4.69, 9.17) is 18.9 Å². The molecular weight excluding hydrogens is 472 g/mol. The first-order valence-corrected chi connectivity index (χ1v) is 11.9. The summed E-state index contributed by atoms with van der Waals surface area (Å²) in [5.74, 6) is 1.01. The maximum Gasteiger partial charge on any atom is 0.314 e. The Morgan fingerprint density at radius 2 is 2.07 bits per heavy atom. The third kappa shape index (κ3) is 4.83. The van der Waals surface area contributed by atoms with E-state index < -0.39 is 11.5 Å². The number of rotatable bonds is 7. The average molecular weight is 503 g/mol. The summed E-state index contributed by atoms with van der Waals surface area (Å²) < 4.78 is 22.6. The van der Waals surface area contributed by atoms with Crippen LogP contribution in [0.2, 0.25) is 0 Å². The van der Waals surface area contributed by atoms with Crippen molar-refractivity contribution in [2.75, 3.05) is 28.1 Å². The van der Waals surface area contributed by atoms with Gasteiger partial charge in [0.15, 0.2) is 0 Å². The summed E-state index contributed by atoms with van der Waals surface area (Å²) in [5.41, 5.74) is -0.859. The average Bonchev–Trinajstić information content (AvgIpc) is 2.75. The summed E-state index contributed by atoms with van der Waals surface area (Å²) in [4.78, 5) is 13.5. The molecule has 2 fully saturated rings. The number of aliphatic hydroxyl groups excluding tert-OH is 1. The lowest BCUT2D eigenvalue weighted by Crippen LogP contribution is -2.54. The van der Waals surface area contributed by atoms with Crippen molar-refractivity contribution in [3.8, 4) is 5.75 Å². The van der Waals surface area contributed by atoms with Crippen LogP contribution in [-0.4, -0.2) is 56.7 Å². The van der Waals surface area contributed by atoms with Gasteiger partial charge in [-0.2, -0.15) is 0 Å². The van der Waals surface area contributed by atoms with E-state index in [1.165, 1.54) is 7.11 Å². The van der Waals surface area contributed by atoms with Gasteiger partial charge in [-0.3, -0.25) is 4.79 Å². The molecule has 0 heterocycles. The summed E-state index contributed by atoms with van der Waals surface area (Å²) >= 11 is 5.40. The van der Waals surface area contributed by atoms with Gasteiger partial charge in [-0.25, -0.2) is 0 Å². The fourth-order valence-corrected chi connectivity index (χ4v) is 6.94. The zero-order chi connectivity index (χ0) is 21.9. The Morgan fingerprint density at radius 3 is 2.73 bits per heavy atom. The monoisotopic (exact) mass is 502 g/mol. The van der Waals surface area contributed by atoms with E-state index in [9.17, 15) is 9.90 Å². The highest BCUT2D eigenvalue weighted by Gasteiger charge is 2.54. The molecule has 3 rings (SSSR count). The SMILES string of the molecule is COCO[C@H]1CC[C@H]2C[C@@](C)(C(=O)OC)[C@H](O)C[C@@H]2[C@@H]1Sc1cc(OC)ccc1Br. The molecule has 0 aromatic heterocycles. The number of aliphatic hydroxyl groups is 1. The Balaban J connectivity index is 1.88. The second kappa shape index (κ2) is 10.2. The van der Waals surface area contributed by atoms with E-state index in [1.54, 1.807) is 26.0 Å². The maximum absolute atomic E-state index is 12.4. The number of hydrogen-bond donors (Lipinski definition) is 1. The van der Waals surface area contributed by atoms with Crippen LogP contribution in [0.5, 0.6) is 5.75 Å². The van der Waals surface area contributed by atoms with Crippen molar-refractivity contribution in [1.29, 1.82) is 0 Å². The number of ether oxygens (including phenoxy) is 4. The Bertz CT molecular complexity index is 746. The van der Waals surface area contributed by atoms with Crippen LogP contribution in [0.3, 0.4) is 0 Å². The number of carbonyl (C=O) groups is 1. The molecule has 0 spiro atoms. The van der Waals surface area contributed by atoms with Crippen molar-refractivity contribution in [3.05, 3.63) is 22.7 Å². The van der Waals surface area contributed by atoms with Crippen LogP contribution in [-0.2, 0) is 19.0 Å². The Kier molecular flexibility index (Phi) is 8.12. The number of methoxy groups -OCH3 is 3. The van der Waals surface area contributed by atoms with Crippen LogP contribution < -0.4 is 4.74 Å². The van der Waals surface area contributed by atoms with Gasteiger partial charge in [0.25, 0.3) is 0 Å². The fourth-order valence-electron chi connectivity index (χ4n) is 4.88. The first-order valence-electron chi connectivity index (χ1n) is 10.2. The van der Waals surface area contributed by atoms with Gasteiger partial charge >= 0.3 is 5.97 Å². The molecule has 0 radical (unpaired) electrons. The number of thioether (sulfide) groups is 1. The number of esters is 1. The van der Waals surface area contributed by atoms with E-state index in [0.29, 0.717) is 18.8 Å². The molecule has 1 aromatic rings. The zero-order valence-electron chi connectivity index (χ0n) is 17.9. The predicted molar refractivity (Wildman–Crippen MR) is 119 cm³/mol. The third-order valence-corrected chi connectivity index (χ3v) is 9.06. The minimum absolute atomic E-state index is 0.00369. The highest BCUT2D eigenvalue weighted by molar-refractivity contribution is 9.10. The lowest BCUT2D eigenvalue weighted by atomic mass is 9.60. The van der Waals surface area contributed by atoms with E-state index in [2.05, 4.69) is 15.9 Å². The zero-order valence-corrected chi connectivity index (χ0v) is 20.3. The number of halogens is 1. The standard InChI is InChI=1S/C22H31BrO6S/c1-22(21(25)28-4)11-13-5-8-17(29-12-26-2)20(15(13)10-19(22)24)30-18-9-14(27-3)6-7-16(18)23/h6-7,9,13,15,17,19-20,24H,5,8,10-12H2,1-4H3/t13-,15-,17-,19+,20-,22+/m0/s1. The summed E-state index contributed by atoms with van der Waals surface area (Å²) in [6.07, 6.45) is 2.26. The molecule has 2 aliphatic rings. The molecule has 168 valence electrons. The summed E-state index contributed by atoms with van der Waals surface area (Å²) in [6.45, 7) is 2.06. The molecule has 0 bridgehead atoms. The van der Waals surface area contributed by atoms with Crippen LogP contribution >= 0.6 is 27.7 Å². The molecule has 0 aliphatic heterocycles. The van der Waals surface area contributed by atoms with Crippen molar-refractivity contribution >= 4 is 33.7 Å². The van der Waals surface area contributed by atoms with Crippen LogP contribution in [0.25, 0.3) is 0 Å². The molecule has 6 atom stereocenters. The summed E-state index contributed by atoms with van der Waals surface area (Å²) in [6, 6.07) is 5.92. The molecule has 8 heteroatoms. The van der Waals surface area contributed by atoms with Gasteiger partial charge in [-0.15, -0.1) is 11.8 Å². The quantitative estimate of drug-likeness (QED) is 0.440. The minimum atomic E-state index is -0.859. The van der Waals surface area contributed by atoms with Gasteiger partial charge < -0.3 is 24.1 Å². The second-order valence-corrected chi connectivity index (χ2v) is 10.4. The van der Waals surface area contributed by atoms with Gasteiger partial charge in [0.1, 0.15) is 12.5 Å². The van der Waals surface area contributed by atoms with Gasteiger partial charge in [0.2, 0.25) is 0 Å². The minimum Gasteiger partial charge on any atom is -0.497 e. The molecule has 1 N–H and O–H groups in total. The molecule has 6 nitrogen and oxygen atoms in total. The number of carbonyl (C=O) groups excluding carboxylic acids is 1. The van der Waals surface area contributed by atoms with E-state index in [0.717, 1.165) is 28.0 Å². The molecule has 1 aromatic carbocycles. The van der Waals surface area contributed by atoms with E-state index in [1.807, 2.05) is 25.1 Å². The topological polar surface area (TPSA) is 74.2 Å². The van der Waals surface area contributed by atoms with Crippen LogP contribution in [0, 0.1) is 17.3 Å². The first kappa shape index (κ1) is 23.9. The highest BCUT2D eigenvalue weighted by atomic mass is 79.9. The van der Waals surface area contributed by atoms with Crippen LogP contribution in [0.15, 0.2) is 27.6 Å². The molecule has 2 saturated carbocycles. The van der Waals surface area contributed by atoms with E-state index in [-0.39, 0.29) is 30.0 Å². The molecule has 2 aliphatic carbocycles. The van der Waals surface area contributed by atoms with Crippen molar-refractivity contribution in [1.82, 2.24) is 0 Å². The third-order valence-electron chi connectivity index (χ3n) is 6.59. The summed E-state index contributed by atoms with van der Waals surface area (Å²) in [5, 5.41) is 11.1. The normalized spacial score (nSPS) is 33.6. The Labute approximate surface area is 191 Å². The molecule has 0 saturated heterocycles. The van der Waals surface area contributed by atoms with Crippen molar-refractivity contribution in [3.63, 3.8) is 0 Å². The number of hydrogen-bond acceptors (Lipinski definition) is 7. The lowest BCUT2D eigenvalue weighted by Gasteiger charge is -2.51. The largest absolute Gasteiger partial charge is 0.497 e. The van der Waals surface area contributed by atoms with Gasteiger partial charge in [0.05, 0.1) is 31.8 Å².